The van der Waals surface area contributed by atoms with Gasteiger partial charge in [-0.25, -0.2) is 8.42 Å². The van der Waals surface area contributed by atoms with Gasteiger partial charge in [0, 0.05) is 12.6 Å². The van der Waals surface area contributed by atoms with Gasteiger partial charge in [-0.15, -0.1) is 0 Å². The zero-order valence-electron chi connectivity index (χ0n) is 15.1. The van der Waals surface area contributed by atoms with Gasteiger partial charge in [-0.1, -0.05) is 78.8 Å². The van der Waals surface area contributed by atoms with Crippen LogP contribution < -0.4 is 0 Å². The van der Waals surface area contributed by atoms with E-state index in [1.54, 1.807) is 16.4 Å². The Hall–Kier alpha value is -2.17. The highest BCUT2D eigenvalue weighted by molar-refractivity contribution is 7.89. The molecule has 0 aromatic heterocycles. The number of allylic oxidation sites excluding steroid dienone is 2. The van der Waals surface area contributed by atoms with Crippen molar-refractivity contribution in [3.63, 3.8) is 0 Å². The van der Waals surface area contributed by atoms with Gasteiger partial charge >= 0.3 is 0 Å². The molecule has 0 spiro atoms. The summed E-state index contributed by atoms with van der Waals surface area (Å²) in [5.74, 6) is 0. The molecular formula is C22H25NO2S. The Balaban J connectivity index is 1.76. The highest BCUT2D eigenvalue weighted by atomic mass is 32.2. The molecule has 1 fully saturated rings. The second-order valence-electron chi connectivity index (χ2n) is 6.65. The number of hydrogen-bond donors (Lipinski definition) is 0. The van der Waals surface area contributed by atoms with Crippen molar-refractivity contribution < 1.29 is 8.42 Å². The van der Waals surface area contributed by atoms with Crippen LogP contribution in [0.3, 0.4) is 0 Å². The van der Waals surface area contributed by atoms with Crippen molar-refractivity contribution in [2.75, 3.05) is 6.54 Å². The first-order chi connectivity index (χ1) is 12.6. The topological polar surface area (TPSA) is 37.4 Å². The van der Waals surface area contributed by atoms with Crippen molar-refractivity contribution in [1.82, 2.24) is 4.31 Å². The minimum atomic E-state index is -3.46. The maximum atomic E-state index is 13.0. The Labute approximate surface area is 156 Å². The lowest BCUT2D eigenvalue weighted by Gasteiger charge is -2.32. The van der Waals surface area contributed by atoms with Crippen LogP contribution in [-0.4, -0.2) is 25.3 Å². The van der Waals surface area contributed by atoms with Gasteiger partial charge in [0.25, 0.3) is 0 Å². The van der Waals surface area contributed by atoms with Crippen molar-refractivity contribution in [2.24, 2.45) is 0 Å². The van der Waals surface area contributed by atoms with Crippen molar-refractivity contribution >= 4 is 16.1 Å². The van der Waals surface area contributed by atoms with Crippen molar-refractivity contribution in [1.29, 1.82) is 0 Å². The maximum absolute atomic E-state index is 13.0. The van der Waals surface area contributed by atoms with Crippen molar-refractivity contribution in [3.05, 3.63) is 84.0 Å². The van der Waals surface area contributed by atoms with Gasteiger partial charge in [-0.05, 0) is 37.5 Å². The van der Waals surface area contributed by atoms with Crippen LogP contribution in [0.15, 0.2) is 77.7 Å². The largest absolute Gasteiger partial charge is 0.243 e. The van der Waals surface area contributed by atoms with Crippen LogP contribution in [-0.2, 0) is 10.0 Å². The summed E-state index contributed by atoms with van der Waals surface area (Å²) < 4.78 is 27.7. The molecule has 1 unspecified atom stereocenters. The Morgan fingerprint density at radius 1 is 0.962 bits per heavy atom. The van der Waals surface area contributed by atoms with Crippen molar-refractivity contribution in [2.45, 2.75) is 37.1 Å². The Morgan fingerprint density at radius 3 is 2.42 bits per heavy atom. The third-order valence-corrected chi connectivity index (χ3v) is 6.60. The van der Waals surface area contributed by atoms with Crippen LogP contribution in [0.4, 0.5) is 0 Å². The van der Waals surface area contributed by atoms with Gasteiger partial charge in [-0.2, -0.15) is 4.31 Å². The summed E-state index contributed by atoms with van der Waals surface area (Å²) >= 11 is 0. The summed E-state index contributed by atoms with van der Waals surface area (Å²) in [6, 6.07) is 17.1. The molecule has 2 aromatic carbocycles. The molecular weight excluding hydrogens is 342 g/mol. The van der Waals surface area contributed by atoms with E-state index in [1.807, 2.05) is 73.7 Å². The number of hydrogen-bond acceptors (Lipinski definition) is 2. The number of rotatable bonds is 5. The van der Waals surface area contributed by atoms with Crippen LogP contribution in [0.2, 0.25) is 0 Å². The van der Waals surface area contributed by atoms with Crippen molar-refractivity contribution in [3.8, 4) is 0 Å². The fourth-order valence-corrected chi connectivity index (χ4v) is 4.84. The highest BCUT2D eigenvalue weighted by Gasteiger charge is 2.31. The molecule has 4 heteroatoms. The number of piperidine rings is 1. The molecule has 3 nitrogen and oxygen atoms in total. The summed E-state index contributed by atoms with van der Waals surface area (Å²) in [6.07, 6.45) is 10.8. The van der Waals surface area contributed by atoms with E-state index in [1.165, 1.54) is 0 Å². The Morgan fingerprint density at radius 2 is 1.69 bits per heavy atom. The van der Waals surface area contributed by atoms with E-state index in [9.17, 15) is 8.42 Å². The number of aryl methyl sites for hydroxylation is 1. The lowest BCUT2D eigenvalue weighted by molar-refractivity contribution is 0.291. The third-order valence-electron chi connectivity index (χ3n) is 4.66. The van der Waals surface area contributed by atoms with Gasteiger partial charge in [0.15, 0.2) is 0 Å². The average Bonchev–Trinajstić information content (AvgIpc) is 2.67. The second-order valence-corrected chi connectivity index (χ2v) is 8.54. The summed E-state index contributed by atoms with van der Waals surface area (Å²) in [5.41, 5.74) is 2.19. The Kier molecular flexibility index (Phi) is 6.07. The third kappa shape index (κ3) is 4.51. The van der Waals surface area contributed by atoms with Gasteiger partial charge < -0.3 is 0 Å². The number of sulfonamides is 1. The molecule has 1 atom stereocenters. The van der Waals surface area contributed by atoms with E-state index < -0.39 is 10.0 Å². The summed E-state index contributed by atoms with van der Waals surface area (Å²) in [5, 5.41) is 0. The monoisotopic (exact) mass is 367 g/mol. The molecule has 2 aromatic rings. The van der Waals surface area contributed by atoms with E-state index in [2.05, 4.69) is 0 Å². The van der Waals surface area contributed by atoms with Crippen LogP contribution in [0.5, 0.6) is 0 Å². The molecule has 1 aliphatic heterocycles. The van der Waals surface area contributed by atoms with Gasteiger partial charge in [-0.3, -0.25) is 0 Å². The lowest BCUT2D eigenvalue weighted by Crippen LogP contribution is -2.42. The zero-order chi connectivity index (χ0) is 18.4. The predicted octanol–water partition coefficient (Wildman–Crippen LogP) is 4.81. The molecule has 136 valence electrons. The van der Waals surface area contributed by atoms with E-state index in [4.69, 9.17) is 0 Å². The van der Waals surface area contributed by atoms with E-state index >= 15 is 0 Å². The molecule has 1 saturated heterocycles. The molecule has 0 aliphatic carbocycles. The molecule has 26 heavy (non-hydrogen) atoms. The molecule has 0 N–H and O–H groups in total. The normalized spacial score (nSPS) is 19.3. The highest BCUT2D eigenvalue weighted by Crippen LogP contribution is 2.26. The zero-order valence-corrected chi connectivity index (χ0v) is 15.9. The molecule has 0 amide bonds. The average molecular weight is 368 g/mol. The fraction of sp³-hybridized carbons (Fsp3) is 0.273. The van der Waals surface area contributed by atoms with Crippen LogP contribution in [0, 0.1) is 6.92 Å². The summed E-state index contributed by atoms with van der Waals surface area (Å²) in [6.45, 7) is 2.54. The lowest BCUT2D eigenvalue weighted by atomic mass is 10.0. The quantitative estimate of drug-likeness (QED) is 0.711. The predicted molar refractivity (Wildman–Crippen MR) is 107 cm³/mol. The molecule has 1 aliphatic rings. The standard InChI is InChI=1S/C22H25NO2S/c1-19-14-16-22(17-15-19)26(24,25)23-18-8-7-13-21(23)12-6-5-11-20-9-3-2-4-10-20/h2-6,9-12,14-17,21H,7-8,13,18H2,1H3/b11-5+,12-6+. The van der Waals surface area contributed by atoms with E-state index in [-0.39, 0.29) is 6.04 Å². The van der Waals surface area contributed by atoms with Gasteiger partial charge in [0.1, 0.15) is 0 Å². The first-order valence-corrected chi connectivity index (χ1v) is 10.5. The van der Waals surface area contributed by atoms with E-state index in [0.29, 0.717) is 11.4 Å². The van der Waals surface area contributed by atoms with Crippen LogP contribution in [0.1, 0.15) is 30.4 Å². The fourth-order valence-electron chi connectivity index (χ4n) is 3.19. The minimum Gasteiger partial charge on any atom is -0.207 e. The molecule has 0 radical (unpaired) electrons. The Bertz CT molecular complexity index is 868. The maximum Gasteiger partial charge on any atom is 0.243 e. The van der Waals surface area contributed by atoms with Crippen LogP contribution in [0.25, 0.3) is 6.08 Å². The molecule has 1 heterocycles. The number of benzene rings is 2. The molecule has 3 rings (SSSR count). The smallest absolute Gasteiger partial charge is 0.207 e. The molecule has 0 bridgehead atoms. The van der Waals surface area contributed by atoms with Crippen LogP contribution >= 0.6 is 0 Å². The van der Waals surface area contributed by atoms with Gasteiger partial charge in [0.05, 0.1) is 4.90 Å². The summed E-state index contributed by atoms with van der Waals surface area (Å²) in [4.78, 5) is 0.378. The van der Waals surface area contributed by atoms with E-state index in [0.717, 1.165) is 30.4 Å². The summed E-state index contributed by atoms with van der Waals surface area (Å²) in [7, 11) is -3.46. The first kappa shape index (κ1) is 18.6. The second kappa shape index (κ2) is 8.47. The number of nitrogens with zero attached hydrogens (tertiary/aromatic N) is 1. The molecule has 0 saturated carbocycles. The first-order valence-electron chi connectivity index (χ1n) is 9.06. The SMILES string of the molecule is Cc1ccc(S(=O)(=O)N2CCCCC2/C=C/C=C/c2ccccc2)cc1. The van der Waals surface area contributed by atoms with Gasteiger partial charge in [0.2, 0.25) is 10.0 Å². The minimum absolute atomic E-state index is 0.0875.